The van der Waals surface area contributed by atoms with Crippen molar-refractivity contribution in [1.29, 1.82) is 0 Å². The van der Waals surface area contributed by atoms with Gasteiger partial charge >= 0.3 is 0 Å². The second kappa shape index (κ2) is 9.50. The fourth-order valence-electron chi connectivity index (χ4n) is 2.22. The quantitative estimate of drug-likeness (QED) is 0.690. The van der Waals surface area contributed by atoms with Gasteiger partial charge in [0.2, 0.25) is 0 Å². The van der Waals surface area contributed by atoms with Crippen LogP contribution in [0.3, 0.4) is 0 Å². The third-order valence-electron chi connectivity index (χ3n) is 3.43. The van der Waals surface area contributed by atoms with Gasteiger partial charge in [-0.05, 0) is 37.0 Å². The summed E-state index contributed by atoms with van der Waals surface area (Å²) in [6.07, 6.45) is 9.29. The first-order valence-corrected chi connectivity index (χ1v) is 8.65. The van der Waals surface area contributed by atoms with Gasteiger partial charge in [0, 0.05) is 12.0 Å². The number of ether oxygens (including phenoxy) is 1. The summed E-state index contributed by atoms with van der Waals surface area (Å²) in [5.41, 5.74) is 7.04. The summed E-state index contributed by atoms with van der Waals surface area (Å²) >= 11 is 1.64. The van der Waals surface area contributed by atoms with Crippen molar-refractivity contribution < 1.29 is 4.74 Å². The van der Waals surface area contributed by atoms with Crippen LogP contribution in [0.4, 0.5) is 0 Å². The van der Waals surface area contributed by atoms with Crippen molar-refractivity contribution in [2.24, 2.45) is 10.7 Å². The molecular formula is C17H24N2OS. The second-order valence-corrected chi connectivity index (χ2v) is 6.22. The summed E-state index contributed by atoms with van der Waals surface area (Å²) in [4.78, 5) is 4.16. The van der Waals surface area contributed by atoms with E-state index in [4.69, 9.17) is 10.5 Å². The number of thioether (sulfide) groups is 1. The summed E-state index contributed by atoms with van der Waals surface area (Å²) < 4.78 is 5.68. The van der Waals surface area contributed by atoms with Crippen LogP contribution in [0, 0.1) is 0 Å². The molecule has 4 heteroatoms. The topological polar surface area (TPSA) is 47.6 Å². The van der Waals surface area contributed by atoms with E-state index in [-0.39, 0.29) is 0 Å². The van der Waals surface area contributed by atoms with Crippen molar-refractivity contribution in [3.05, 3.63) is 42.1 Å². The maximum absolute atomic E-state index is 5.68. The molecular weight excluding hydrogens is 280 g/mol. The molecule has 21 heavy (non-hydrogen) atoms. The molecule has 0 saturated heterocycles. The molecule has 0 fully saturated rings. The first-order chi connectivity index (χ1) is 10.3. The van der Waals surface area contributed by atoms with Crippen molar-refractivity contribution in [3.8, 4) is 5.75 Å². The Labute approximate surface area is 131 Å². The van der Waals surface area contributed by atoms with Gasteiger partial charge in [-0.15, -0.1) is 0 Å². The van der Waals surface area contributed by atoms with Gasteiger partial charge in [-0.3, -0.25) is 0 Å². The van der Waals surface area contributed by atoms with E-state index in [0.29, 0.717) is 5.17 Å². The fraction of sp³-hybridized carbons (Fsp3) is 0.471. The average molecular weight is 304 g/mol. The van der Waals surface area contributed by atoms with Crippen molar-refractivity contribution >= 4 is 16.9 Å². The van der Waals surface area contributed by atoms with E-state index >= 15 is 0 Å². The van der Waals surface area contributed by atoms with E-state index in [2.05, 4.69) is 4.99 Å². The Balaban J connectivity index is 1.44. The smallest absolute Gasteiger partial charge is 0.158 e. The van der Waals surface area contributed by atoms with E-state index in [9.17, 15) is 0 Å². The van der Waals surface area contributed by atoms with Crippen LogP contribution < -0.4 is 10.5 Å². The van der Waals surface area contributed by atoms with Gasteiger partial charge in [0.15, 0.2) is 5.17 Å². The minimum Gasteiger partial charge on any atom is -0.494 e. The molecule has 1 aliphatic rings. The lowest BCUT2D eigenvalue weighted by molar-refractivity contribution is 0.304. The Morgan fingerprint density at radius 2 is 1.81 bits per heavy atom. The molecule has 0 bridgehead atoms. The molecule has 0 aliphatic carbocycles. The summed E-state index contributed by atoms with van der Waals surface area (Å²) in [6, 6.07) is 10.0. The molecule has 0 spiro atoms. The first kappa shape index (κ1) is 16.0. The van der Waals surface area contributed by atoms with Gasteiger partial charge in [0.05, 0.1) is 6.61 Å². The number of benzene rings is 1. The summed E-state index contributed by atoms with van der Waals surface area (Å²) in [5, 5.41) is 0.692. The van der Waals surface area contributed by atoms with Crippen LogP contribution in [-0.4, -0.2) is 17.5 Å². The van der Waals surface area contributed by atoms with Crippen LogP contribution in [0.5, 0.6) is 5.75 Å². The zero-order valence-corrected chi connectivity index (χ0v) is 13.3. The predicted octanol–water partition coefficient (Wildman–Crippen LogP) is 4.35. The highest BCUT2D eigenvalue weighted by Gasteiger charge is 2.05. The number of amidine groups is 1. The lowest BCUT2D eigenvalue weighted by Crippen LogP contribution is -2.10. The number of hydrogen-bond acceptors (Lipinski definition) is 4. The normalized spacial score (nSPS) is 14.5. The minimum absolute atomic E-state index is 0.692. The number of para-hydroxylation sites is 1. The van der Waals surface area contributed by atoms with E-state index in [1.54, 1.807) is 11.8 Å². The molecule has 1 aromatic rings. The SMILES string of the molecule is NC1=NC=C(CCCCCCCOc2ccccc2)CS1. The molecule has 0 unspecified atom stereocenters. The zero-order valence-electron chi connectivity index (χ0n) is 12.5. The monoisotopic (exact) mass is 304 g/mol. The van der Waals surface area contributed by atoms with Crippen molar-refractivity contribution in [2.45, 2.75) is 38.5 Å². The number of aliphatic imine (C=N–C) groups is 1. The molecule has 1 aromatic carbocycles. The molecule has 0 radical (unpaired) electrons. The Morgan fingerprint density at radius 1 is 1.05 bits per heavy atom. The predicted molar refractivity (Wildman–Crippen MR) is 91.8 cm³/mol. The molecule has 0 aromatic heterocycles. The minimum atomic E-state index is 0.692. The number of rotatable bonds is 9. The Morgan fingerprint density at radius 3 is 2.57 bits per heavy atom. The number of hydrogen-bond donors (Lipinski definition) is 1. The summed E-state index contributed by atoms with van der Waals surface area (Å²) in [6.45, 7) is 0.819. The van der Waals surface area contributed by atoms with Gasteiger partial charge < -0.3 is 10.5 Å². The van der Waals surface area contributed by atoms with Gasteiger partial charge in [0.25, 0.3) is 0 Å². The molecule has 0 amide bonds. The van der Waals surface area contributed by atoms with E-state index < -0.39 is 0 Å². The Kier molecular flexibility index (Phi) is 7.22. The van der Waals surface area contributed by atoms with Gasteiger partial charge in [-0.1, -0.05) is 49.2 Å². The van der Waals surface area contributed by atoms with Crippen molar-refractivity contribution in [1.82, 2.24) is 0 Å². The molecule has 114 valence electrons. The number of unbranched alkanes of at least 4 members (excludes halogenated alkanes) is 4. The van der Waals surface area contributed by atoms with E-state index in [1.807, 2.05) is 36.5 Å². The maximum atomic E-state index is 5.68. The van der Waals surface area contributed by atoms with Crippen molar-refractivity contribution in [3.63, 3.8) is 0 Å². The molecule has 0 saturated carbocycles. The van der Waals surface area contributed by atoms with Crippen LogP contribution in [0.1, 0.15) is 38.5 Å². The van der Waals surface area contributed by atoms with Crippen LogP contribution >= 0.6 is 11.8 Å². The first-order valence-electron chi connectivity index (χ1n) is 7.66. The fourth-order valence-corrected chi connectivity index (χ4v) is 2.90. The van der Waals surface area contributed by atoms with Gasteiger partial charge in [-0.25, -0.2) is 4.99 Å². The molecule has 2 N–H and O–H groups in total. The van der Waals surface area contributed by atoms with Crippen LogP contribution in [0.25, 0.3) is 0 Å². The molecule has 3 nitrogen and oxygen atoms in total. The largest absolute Gasteiger partial charge is 0.494 e. The van der Waals surface area contributed by atoms with Crippen molar-refractivity contribution in [2.75, 3.05) is 12.4 Å². The standard InChI is InChI=1S/C17H24N2OS/c18-17-19-13-15(14-21-17)9-5-2-1-3-8-12-20-16-10-6-4-7-11-16/h4,6-7,10-11,13H,1-3,5,8-9,12,14H2,(H2,18,19). The highest BCUT2D eigenvalue weighted by molar-refractivity contribution is 8.14. The summed E-state index contributed by atoms with van der Waals surface area (Å²) in [5.74, 6) is 1.99. The lowest BCUT2D eigenvalue weighted by atomic mass is 10.1. The maximum Gasteiger partial charge on any atom is 0.158 e. The number of nitrogens with two attached hydrogens (primary N) is 1. The molecule has 1 heterocycles. The lowest BCUT2D eigenvalue weighted by Gasteiger charge is -2.10. The molecule has 1 aliphatic heterocycles. The highest BCUT2D eigenvalue weighted by Crippen LogP contribution is 2.19. The number of nitrogens with zero attached hydrogens (tertiary/aromatic N) is 1. The third kappa shape index (κ3) is 6.71. The third-order valence-corrected chi connectivity index (χ3v) is 4.35. The van der Waals surface area contributed by atoms with Crippen LogP contribution in [-0.2, 0) is 0 Å². The molecule has 0 atom stereocenters. The highest BCUT2D eigenvalue weighted by atomic mass is 32.2. The average Bonchev–Trinajstić information content (AvgIpc) is 2.53. The van der Waals surface area contributed by atoms with Gasteiger partial charge in [0.1, 0.15) is 5.75 Å². The van der Waals surface area contributed by atoms with Crippen LogP contribution in [0.15, 0.2) is 47.1 Å². The second-order valence-electron chi connectivity index (χ2n) is 5.22. The Bertz CT molecular complexity index is 471. The van der Waals surface area contributed by atoms with E-state index in [1.165, 1.54) is 31.3 Å². The van der Waals surface area contributed by atoms with Crippen LogP contribution in [0.2, 0.25) is 0 Å². The van der Waals surface area contributed by atoms with E-state index in [0.717, 1.165) is 31.0 Å². The molecule has 2 rings (SSSR count). The zero-order chi connectivity index (χ0) is 14.8. The summed E-state index contributed by atoms with van der Waals surface area (Å²) in [7, 11) is 0. The van der Waals surface area contributed by atoms with Gasteiger partial charge in [-0.2, -0.15) is 0 Å². The Hall–Kier alpha value is -1.42.